The van der Waals surface area contributed by atoms with Gasteiger partial charge in [0.15, 0.2) is 0 Å². The molecule has 0 saturated carbocycles. The third-order valence-corrected chi connectivity index (χ3v) is 14.8. The Morgan fingerprint density at radius 3 is 0.986 bits per heavy atom. The lowest BCUT2D eigenvalue weighted by atomic mass is 10.0. The monoisotopic (exact) mass is 974 g/mol. The number of hydrogen-bond donors (Lipinski definition) is 3. The zero-order chi connectivity index (χ0) is 50.0. The van der Waals surface area contributed by atoms with Crippen molar-refractivity contribution in [2.24, 2.45) is 0 Å². The van der Waals surface area contributed by atoms with Gasteiger partial charge < -0.3 is 20.3 Å². The molecule has 0 heterocycles. The highest BCUT2D eigenvalue weighted by Crippen LogP contribution is 2.18. The van der Waals surface area contributed by atoms with Crippen molar-refractivity contribution in [3.63, 3.8) is 0 Å². The van der Waals surface area contributed by atoms with E-state index in [9.17, 15) is 19.8 Å². The van der Waals surface area contributed by atoms with E-state index < -0.39 is 12.1 Å². The third kappa shape index (κ3) is 55.8. The molecule has 0 aliphatic rings. The molecule has 0 aliphatic heterocycles. The van der Waals surface area contributed by atoms with E-state index in [-0.39, 0.29) is 18.5 Å². The minimum absolute atomic E-state index is 0.00114. The maximum absolute atomic E-state index is 12.5. The van der Waals surface area contributed by atoms with Crippen LogP contribution >= 0.6 is 0 Å². The highest BCUT2D eigenvalue weighted by Gasteiger charge is 2.18. The van der Waals surface area contributed by atoms with Gasteiger partial charge in [0.05, 0.1) is 25.4 Å². The topological polar surface area (TPSA) is 95.9 Å². The smallest absolute Gasteiger partial charge is 0.305 e. The van der Waals surface area contributed by atoms with Gasteiger partial charge in [-0.05, 0) is 32.1 Å². The van der Waals surface area contributed by atoms with E-state index in [1.54, 1.807) is 6.08 Å². The normalized spacial score (nSPS) is 12.6. The van der Waals surface area contributed by atoms with Crippen LogP contribution in [0.1, 0.15) is 354 Å². The number of nitrogens with one attached hydrogen (secondary N) is 1. The first-order valence-corrected chi connectivity index (χ1v) is 31.5. The Kier molecular flexibility index (Phi) is 58.0. The van der Waals surface area contributed by atoms with E-state index in [0.717, 1.165) is 57.8 Å². The summed E-state index contributed by atoms with van der Waals surface area (Å²) in [6.45, 7) is 4.92. The summed E-state index contributed by atoms with van der Waals surface area (Å²) in [6, 6.07) is -0.636. The van der Waals surface area contributed by atoms with Crippen molar-refractivity contribution in [2.45, 2.75) is 366 Å². The molecule has 1 amide bonds. The standard InChI is InChI=1S/C63H123NO5/c1-3-5-7-9-11-13-15-17-19-21-22-23-24-25-26-27-31-35-39-43-47-51-55-61(66)60(59-65)64-62(67)56-52-48-44-40-36-32-29-30-34-38-42-46-50-54-58-69-63(68)57-53-49-45-41-37-33-28-20-18-16-14-12-10-8-6-4-2/h51,55,60-61,65-66H,3-50,52-54,56-59H2,1-2H3,(H,64,67)/b55-51+. The van der Waals surface area contributed by atoms with E-state index in [1.165, 1.54) is 270 Å². The van der Waals surface area contributed by atoms with Crippen LogP contribution in [0.2, 0.25) is 0 Å². The van der Waals surface area contributed by atoms with Crippen LogP contribution in [0.4, 0.5) is 0 Å². The zero-order valence-corrected chi connectivity index (χ0v) is 46.8. The van der Waals surface area contributed by atoms with Crippen molar-refractivity contribution in [1.82, 2.24) is 5.32 Å². The van der Waals surface area contributed by atoms with Crippen molar-refractivity contribution in [1.29, 1.82) is 0 Å². The minimum atomic E-state index is -0.852. The third-order valence-electron chi connectivity index (χ3n) is 14.8. The van der Waals surface area contributed by atoms with Gasteiger partial charge in [-0.3, -0.25) is 9.59 Å². The van der Waals surface area contributed by atoms with Crippen LogP contribution in [-0.2, 0) is 14.3 Å². The summed E-state index contributed by atoms with van der Waals surface area (Å²) < 4.78 is 5.49. The van der Waals surface area contributed by atoms with E-state index in [4.69, 9.17) is 4.74 Å². The number of amides is 1. The molecule has 3 N–H and O–H groups in total. The summed E-state index contributed by atoms with van der Waals surface area (Å²) in [5, 5.41) is 23.2. The fourth-order valence-corrected chi connectivity index (χ4v) is 9.99. The average molecular weight is 975 g/mol. The Morgan fingerprint density at radius 2 is 0.667 bits per heavy atom. The van der Waals surface area contributed by atoms with Gasteiger partial charge in [0.2, 0.25) is 5.91 Å². The Morgan fingerprint density at radius 1 is 0.391 bits per heavy atom. The molecule has 0 aromatic carbocycles. The number of aliphatic hydroxyl groups is 2. The molecule has 2 atom stereocenters. The lowest BCUT2D eigenvalue weighted by Gasteiger charge is -2.20. The lowest BCUT2D eigenvalue weighted by molar-refractivity contribution is -0.143. The molecule has 6 nitrogen and oxygen atoms in total. The Labute approximate surface area is 431 Å². The molecule has 0 radical (unpaired) electrons. The second-order valence-corrected chi connectivity index (χ2v) is 21.8. The molecule has 0 fully saturated rings. The number of unbranched alkanes of at least 4 members (excludes halogenated alkanes) is 48. The van der Waals surface area contributed by atoms with Crippen LogP contribution in [0.25, 0.3) is 0 Å². The molecule has 0 spiro atoms. The molecule has 69 heavy (non-hydrogen) atoms. The number of carbonyl (C=O) groups excluding carboxylic acids is 2. The molecule has 410 valence electrons. The molecule has 0 aliphatic carbocycles. The summed E-state index contributed by atoms with van der Waals surface area (Å²) in [4.78, 5) is 24.6. The highest BCUT2D eigenvalue weighted by molar-refractivity contribution is 5.76. The molecule has 0 aromatic rings. The van der Waals surface area contributed by atoms with Crippen LogP contribution in [0, 0.1) is 0 Å². The second-order valence-electron chi connectivity index (χ2n) is 21.8. The summed E-state index contributed by atoms with van der Waals surface area (Å²) in [5.74, 6) is -0.0730. The van der Waals surface area contributed by atoms with E-state index in [1.807, 2.05) is 6.08 Å². The van der Waals surface area contributed by atoms with Gasteiger partial charge in [-0.15, -0.1) is 0 Å². The first-order valence-electron chi connectivity index (χ1n) is 31.5. The van der Waals surface area contributed by atoms with Crippen LogP contribution < -0.4 is 5.32 Å². The Bertz CT molecular complexity index is 1030. The number of esters is 1. The van der Waals surface area contributed by atoms with E-state index >= 15 is 0 Å². The molecule has 2 unspecified atom stereocenters. The van der Waals surface area contributed by atoms with Crippen LogP contribution in [0.15, 0.2) is 12.2 Å². The van der Waals surface area contributed by atoms with Crippen LogP contribution in [-0.4, -0.2) is 47.4 Å². The Balaban J connectivity index is 3.45. The number of rotatable bonds is 59. The van der Waals surface area contributed by atoms with Gasteiger partial charge in [-0.25, -0.2) is 0 Å². The minimum Gasteiger partial charge on any atom is -0.466 e. The van der Waals surface area contributed by atoms with Crippen molar-refractivity contribution in [3.05, 3.63) is 12.2 Å². The molecular formula is C63H123NO5. The summed E-state index contributed by atoms with van der Waals surface area (Å²) in [7, 11) is 0. The summed E-state index contributed by atoms with van der Waals surface area (Å²) >= 11 is 0. The number of ether oxygens (including phenoxy) is 1. The maximum atomic E-state index is 12.5. The fourth-order valence-electron chi connectivity index (χ4n) is 9.99. The van der Waals surface area contributed by atoms with Crippen LogP contribution in [0.5, 0.6) is 0 Å². The maximum Gasteiger partial charge on any atom is 0.305 e. The Hall–Kier alpha value is -1.40. The highest BCUT2D eigenvalue weighted by atomic mass is 16.5. The average Bonchev–Trinajstić information content (AvgIpc) is 3.35. The molecule has 0 aromatic heterocycles. The molecule has 0 bridgehead atoms. The summed E-state index contributed by atoms with van der Waals surface area (Å²) in [6.07, 6.45) is 71.0. The molecule has 0 saturated heterocycles. The van der Waals surface area contributed by atoms with Crippen molar-refractivity contribution in [3.8, 4) is 0 Å². The van der Waals surface area contributed by atoms with Gasteiger partial charge in [0.1, 0.15) is 0 Å². The molecule has 6 heteroatoms. The lowest BCUT2D eigenvalue weighted by Crippen LogP contribution is -2.45. The first kappa shape index (κ1) is 67.6. The number of hydrogen-bond acceptors (Lipinski definition) is 5. The van der Waals surface area contributed by atoms with Gasteiger partial charge in [-0.1, -0.05) is 321 Å². The largest absolute Gasteiger partial charge is 0.466 e. The van der Waals surface area contributed by atoms with Gasteiger partial charge >= 0.3 is 5.97 Å². The van der Waals surface area contributed by atoms with Gasteiger partial charge in [-0.2, -0.15) is 0 Å². The first-order chi connectivity index (χ1) is 34.0. The number of aliphatic hydroxyl groups excluding tert-OH is 2. The number of carbonyl (C=O) groups is 2. The van der Waals surface area contributed by atoms with Crippen molar-refractivity contribution >= 4 is 11.9 Å². The quantitative estimate of drug-likeness (QED) is 0.0321. The predicted molar refractivity (Wildman–Crippen MR) is 301 cm³/mol. The zero-order valence-electron chi connectivity index (χ0n) is 46.8. The SMILES string of the molecule is CCCCCCCCCCCCCCCCCCCCCC/C=C/C(O)C(CO)NC(=O)CCCCCCCCCCCCCCCCOC(=O)CCCCCCCCCCCCCCCCCC. The van der Waals surface area contributed by atoms with Crippen molar-refractivity contribution in [2.75, 3.05) is 13.2 Å². The fraction of sp³-hybridized carbons (Fsp3) is 0.937. The van der Waals surface area contributed by atoms with E-state index in [0.29, 0.717) is 19.4 Å². The van der Waals surface area contributed by atoms with Gasteiger partial charge in [0.25, 0.3) is 0 Å². The molecule has 0 rings (SSSR count). The van der Waals surface area contributed by atoms with E-state index in [2.05, 4.69) is 19.2 Å². The number of allylic oxidation sites excluding steroid dienone is 1. The van der Waals surface area contributed by atoms with Gasteiger partial charge in [0, 0.05) is 12.8 Å². The second kappa shape index (κ2) is 59.2. The van der Waals surface area contributed by atoms with Crippen molar-refractivity contribution < 1.29 is 24.5 Å². The predicted octanol–water partition coefficient (Wildman–Crippen LogP) is 19.6. The summed E-state index contributed by atoms with van der Waals surface area (Å²) in [5.41, 5.74) is 0. The molecular weight excluding hydrogens is 851 g/mol. The van der Waals surface area contributed by atoms with Crippen LogP contribution in [0.3, 0.4) is 0 Å².